The molecular formula is C7H13NO3. The standard InChI is InChI=1S/C7H13NO3/c1-5(10)11-7(4-9)2-6-3-8-6/h6-9H,2-4H2,1H3. The van der Waals surface area contributed by atoms with E-state index in [1.165, 1.54) is 6.92 Å². The van der Waals surface area contributed by atoms with Crippen LogP contribution in [0.15, 0.2) is 0 Å². The summed E-state index contributed by atoms with van der Waals surface area (Å²) in [4.78, 5) is 10.5. The van der Waals surface area contributed by atoms with E-state index in [2.05, 4.69) is 5.32 Å². The van der Waals surface area contributed by atoms with Crippen molar-refractivity contribution in [2.24, 2.45) is 0 Å². The van der Waals surface area contributed by atoms with E-state index in [1.807, 2.05) is 0 Å². The number of aliphatic hydroxyl groups excluding tert-OH is 1. The number of carbonyl (C=O) groups excluding carboxylic acids is 1. The summed E-state index contributed by atoms with van der Waals surface area (Å²) in [6.07, 6.45) is 0.392. The summed E-state index contributed by atoms with van der Waals surface area (Å²) in [7, 11) is 0. The van der Waals surface area contributed by atoms with Crippen molar-refractivity contribution in [1.29, 1.82) is 0 Å². The molecular weight excluding hydrogens is 146 g/mol. The lowest BCUT2D eigenvalue weighted by atomic mass is 10.2. The van der Waals surface area contributed by atoms with Crippen molar-refractivity contribution >= 4 is 5.97 Å². The summed E-state index contributed by atoms with van der Waals surface area (Å²) in [5.74, 6) is -0.329. The first-order chi connectivity index (χ1) is 5.22. The maximum Gasteiger partial charge on any atom is 0.302 e. The minimum Gasteiger partial charge on any atom is -0.460 e. The number of hydrogen-bond donors (Lipinski definition) is 2. The van der Waals surface area contributed by atoms with Crippen LogP contribution in [0.3, 0.4) is 0 Å². The molecule has 0 saturated carbocycles. The van der Waals surface area contributed by atoms with Crippen LogP contribution >= 0.6 is 0 Å². The van der Waals surface area contributed by atoms with Crippen LogP contribution in [0.4, 0.5) is 0 Å². The zero-order chi connectivity index (χ0) is 8.27. The van der Waals surface area contributed by atoms with Gasteiger partial charge >= 0.3 is 5.97 Å². The fourth-order valence-corrected chi connectivity index (χ4v) is 0.962. The number of ether oxygens (including phenoxy) is 1. The van der Waals surface area contributed by atoms with Crippen LogP contribution in [-0.2, 0) is 9.53 Å². The van der Waals surface area contributed by atoms with E-state index in [4.69, 9.17) is 9.84 Å². The third-order valence-electron chi connectivity index (χ3n) is 1.58. The lowest BCUT2D eigenvalue weighted by Gasteiger charge is -2.12. The van der Waals surface area contributed by atoms with Crippen molar-refractivity contribution in [3.05, 3.63) is 0 Å². The predicted octanol–water partition coefficient (Wildman–Crippen LogP) is -0.728. The van der Waals surface area contributed by atoms with E-state index in [9.17, 15) is 4.79 Å². The van der Waals surface area contributed by atoms with Crippen molar-refractivity contribution in [3.8, 4) is 0 Å². The Morgan fingerprint density at radius 1 is 1.91 bits per heavy atom. The highest BCUT2D eigenvalue weighted by Crippen LogP contribution is 2.09. The summed E-state index contributed by atoms with van der Waals surface area (Å²) in [5.41, 5.74) is 0. The topological polar surface area (TPSA) is 68.5 Å². The molecule has 0 aromatic heterocycles. The fraction of sp³-hybridized carbons (Fsp3) is 0.857. The zero-order valence-electron chi connectivity index (χ0n) is 6.54. The Hall–Kier alpha value is -0.610. The van der Waals surface area contributed by atoms with Crippen LogP contribution in [0.2, 0.25) is 0 Å². The van der Waals surface area contributed by atoms with Gasteiger partial charge in [-0.05, 0) is 0 Å². The van der Waals surface area contributed by atoms with Crippen molar-refractivity contribution in [2.45, 2.75) is 25.5 Å². The van der Waals surface area contributed by atoms with Gasteiger partial charge in [-0.15, -0.1) is 0 Å². The average Bonchev–Trinajstić information content (AvgIpc) is 2.69. The lowest BCUT2D eigenvalue weighted by molar-refractivity contribution is -0.148. The maximum absolute atomic E-state index is 10.5. The molecule has 4 nitrogen and oxygen atoms in total. The largest absolute Gasteiger partial charge is 0.460 e. The summed E-state index contributed by atoms with van der Waals surface area (Å²) in [6.45, 7) is 2.23. The van der Waals surface area contributed by atoms with Crippen LogP contribution in [0.5, 0.6) is 0 Å². The highest BCUT2D eigenvalue weighted by atomic mass is 16.5. The molecule has 2 unspecified atom stereocenters. The molecule has 0 aromatic carbocycles. The van der Waals surface area contributed by atoms with E-state index < -0.39 is 0 Å². The Labute approximate surface area is 65.5 Å². The molecule has 64 valence electrons. The van der Waals surface area contributed by atoms with E-state index >= 15 is 0 Å². The van der Waals surface area contributed by atoms with Crippen LogP contribution in [0, 0.1) is 0 Å². The van der Waals surface area contributed by atoms with Crippen LogP contribution < -0.4 is 5.32 Å². The number of nitrogens with one attached hydrogen (secondary N) is 1. The van der Waals surface area contributed by atoms with Crippen molar-refractivity contribution in [2.75, 3.05) is 13.2 Å². The third kappa shape index (κ3) is 3.34. The predicted molar refractivity (Wildman–Crippen MR) is 39.0 cm³/mol. The minimum absolute atomic E-state index is 0.0856. The molecule has 0 spiro atoms. The quantitative estimate of drug-likeness (QED) is 0.419. The van der Waals surface area contributed by atoms with E-state index in [1.54, 1.807) is 0 Å². The van der Waals surface area contributed by atoms with Gasteiger partial charge in [0.2, 0.25) is 0 Å². The molecule has 1 fully saturated rings. The molecule has 2 N–H and O–H groups in total. The van der Waals surface area contributed by atoms with E-state index in [-0.39, 0.29) is 18.7 Å². The molecule has 0 amide bonds. The molecule has 11 heavy (non-hydrogen) atoms. The number of hydrogen-bond acceptors (Lipinski definition) is 4. The van der Waals surface area contributed by atoms with Crippen LogP contribution in [0.1, 0.15) is 13.3 Å². The molecule has 0 radical (unpaired) electrons. The summed E-state index contributed by atoms with van der Waals surface area (Å²) in [5, 5.41) is 11.8. The van der Waals surface area contributed by atoms with Crippen LogP contribution in [0.25, 0.3) is 0 Å². The molecule has 2 atom stereocenters. The highest BCUT2D eigenvalue weighted by molar-refractivity contribution is 5.66. The van der Waals surface area contributed by atoms with Gasteiger partial charge in [-0.2, -0.15) is 0 Å². The van der Waals surface area contributed by atoms with Gasteiger partial charge in [0.25, 0.3) is 0 Å². The SMILES string of the molecule is CC(=O)OC(CO)CC1CN1. The summed E-state index contributed by atoms with van der Waals surface area (Å²) in [6, 6.07) is 0.437. The minimum atomic E-state index is -0.329. The Morgan fingerprint density at radius 2 is 2.55 bits per heavy atom. The second-order valence-corrected chi connectivity index (χ2v) is 2.75. The normalized spacial score (nSPS) is 24.4. The molecule has 4 heteroatoms. The Kier molecular flexibility index (Phi) is 2.84. The number of aliphatic hydroxyl groups is 1. The van der Waals surface area contributed by atoms with E-state index in [0.717, 1.165) is 13.0 Å². The second-order valence-electron chi connectivity index (χ2n) is 2.75. The molecule has 1 aliphatic heterocycles. The number of esters is 1. The molecule has 1 aliphatic rings. The average molecular weight is 159 g/mol. The molecule has 1 saturated heterocycles. The fourth-order valence-electron chi connectivity index (χ4n) is 0.962. The van der Waals surface area contributed by atoms with Gasteiger partial charge < -0.3 is 15.2 Å². The van der Waals surface area contributed by atoms with Gasteiger partial charge in [-0.25, -0.2) is 0 Å². The van der Waals surface area contributed by atoms with Gasteiger partial charge in [0, 0.05) is 25.9 Å². The number of carbonyl (C=O) groups is 1. The van der Waals surface area contributed by atoms with Gasteiger partial charge in [-0.1, -0.05) is 0 Å². The second kappa shape index (κ2) is 3.69. The first kappa shape index (κ1) is 8.49. The lowest BCUT2D eigenvalue weighted by Crippen LogP contribution is -2.22. The first-order valence-corrected chi connectivity index (χ1v) is 3.74. The smallest absolute Gasteiger partial charge is 0.302 e. The summed E-state index contributed by atoms with van der Waals surface area (Å²) >= 11 is 0. The highest BCUT2D eigenvalue weighted by Gasteiger charge is 2.25. The van der Waals surface area contributed by atoms with Gasteiger partial charge in [0.1, 0.15) is 6.10 Å². The number of rotatable bonds is 4. The summed E-state index contributed by atoms with van der Waals surface area (Å²) < 4.78 is 4.82. The Balaban J connectivity index is 2.17. The molecule has 1 rings (SSSR count). The van der Waals surface area contributed by atoms with Crippen molar-refractivity contribution in [3.63, 3.8) is 0 Å². The zero-order valence-corrected chi connectivity index (χ0v) is 6.54. The third-order valence-corrected chi connectivity index (χ3v) is 1.58. The van der Waals surface area contributed by atoms with Crippen molar-refractivity contribution < 1.29 is 14.6 Å². The monoisotopic (exact) mass is 159 g/mol. The van der Waals surface area contributed by atoms with Crippen LogP contribution in [-0.4, -0.2) is 36.4 Å². The molecule has 1 heterocycles. The van der Waals surface area contributed by atoms with E-state index in [0.29, 0.717) is 6.04 Å². The molecule has 0 aliphatic carbocycles. The molecule has 0 bridgehead atoms. The Bertz CT molecular complexity index is 145. The van der Waals surface area contributed by atoms with Gasteiger partial charge in [0.05, 0.1) is 6.61 Å². The van der Waals surface area contributed by atoms with Crippen molar-refractivity contribution in [1.82, 2.24) is 5.32 Å². The van der Waals surface area contributed by atoms with Gasteiger partial charge in [-0.3, -0.25) is 4.79 Å². The van der Waals surface area contributed by atoms with Gasteiger partial charge in [0.15, 0.2) is 0 Å². The maximum atomic E-state index is 10.5. The first-order valence-electron chi connectivity index (χ1n) is 3.74. The Morgan fingerprint density at radius 3 is 2.91 bits per heavy atom. The molecule has 0 aromatic rings.